The smallest absolute Gasteiger partial charge is 0.0705 e. The fraction of sp³-hybridized carbons (Fsp3) is 0.200. The van der Waals surface area contributed by atoms with Crippen molar-refractivity contribution in [3.05, 3.63) is 34.5 Å². The third-order valence-corrected chi connectivity index (χ3v) is 2.58. The van der Waals surface area contributed by atoms with E-state index in [1.54, 1.807) is 0 Å². The predicted molar refractivity (Wildman–Crippen MR) is 54.0 cm³/mol. The molecule has 2 nitrogen and oxygen atoms in total. The number of aromatic amines is 1. The molecule has 0 amide bonds. The number of H-pyrrole nitrogens is 1. The van der Waals surface area contributed by atoms with E-state index >= 15 is 0 Å². The van der Waals surface area contributed by atoms with Gasteiger partial charge in [-0.1, -0.05) is 23.7 Å². The molecule has 0 aliphatic rings. The number of hydrogen-bond acceptors (Lipinski definition) is 1. The molecule has 2 rings (SSSR count). The molecule has 0 atom stereocenters. The second kappa shape index (κ2) is 3.05. The van der Waals surface area contributed by atoms with Crippen LogP contribution in [0.25, 0.3) is 10.9 Å². The van der Waals surface area contributed by atoms with Gasteiger partial charge >= 0.3 is 0 Å². The first-order chi connectivity index (χ1) is 6.24. The van der Waals surface area contributed by atoms with Gasteiger partial charge in [-0.3, -0.25) is 0 Å². The maximum Gasteiger partial charge on any atom is 0.0705 e. The molecule has 0 radical (unpaired) electrons. The molecular weight excluding hydrogens is 186 g/mol. The summed E-state index contributed by atoms with van der Waals surface area (Å²) in [5.74, 6) is 0. The maximum absolute atomic E-state index is 9.13. The highest BCUT2D eigenvalue weighted by atomic mass is 35.5. The van der Waals surface area contributed by atoms with Crippen molar-refractivity contribution in [2.24, 2.45) is 0 Å². The van der Waals surface area contributed by atoms with Gasteiger partial charge in [0.2, 0.25) is 0 Å². The molecule has 0 bridgehead atoms. The standard InChI is InChI=1S/C10H10ClNO/c1-6-8(5-13)7-3-2-4-9(11)10(7)12-6/h2-4,12-13H,5H2,1H3. The summed E-state index contributed by atoms with van der Waals surface area (Å²) in [5, 5.41) is 10.8. The molecule has 1 aromatic carbocycles. The third kappa shape index (κ3) is 1.23. The summed E-state index contributed by atoms with van der Waals surface area (Å²) >= 11 is 5.99. The number of aromatic nitrogens is 1. The van der Waals surface area contributed by atoms with Crippen molar-refractivity contribution in [2.45, 2.75) is 13.5 Å². The molecule has 0 aliphatic carbocycles. The number of benzene rings is 1. The molecule has 2 aromatic rings. The summed E-state index contributed by atoms with van der Waals surface area (Å²) < 4.78 is 0. The molecule has 13 heavy (non-hydrogen) atoms. The van der Waals surface area contributed by atoms with Crippen LogP contribution in [0.15, 0.2) is 18.2 Å². The van der Waals surface area contributed by atoms with Crippen LogP contribution in [-0.4, -0.2) is 10.1 Å². The minimum atomic E-state index is 0.0478. The Morgan fingerprint density at radius 2 is 2.23 bits per heavy atom. The SMILES string of the molecule is Cc1[nH]c2c(Cl)cccc2c1CO. The van der Waals surface area contributed by atoms with Crippen molar-refractivity contribution < 1.29 is 5.11 Å². The predicted octanol–water partition coefficient (Wildman–Crippen LogP) is 2.62. The topological polar surface area (TPSA) is 36.0 Å². The van der Waals surface area contributed by atoms with Crippen LogP contribution in [0.1, 0.15) is 11.3 Å². The summed E-state index contributed by atoms with van der Waals surface area (Å²) in [6, 6.07) is 5.67. The number of nitrogens with one attached hydrogen (secondary N) is 1. The normalized spacial score (nSPS) is 11.0. The Labute approximate surface area is 81.1 Å². The van der Waals surface area contributed by atoms with Crippen LogP contribution < -0.4 is 0 Å². The third-order valence-electron chi connectivity index (χ3n) is 2.26. The van der Waals surface area contributed by atoms with Gasteiger partial charge in [-0.15, -0.1) is 0 Å². The molecule has 0 spiro atoms. The highest BCUT2D eigenvalue weighted by Crippen LogP contribution is 2.27. The van der Waals surface area contributed by atoms with Crippen molar-refractivity contribution in [1.82, 2.24) is 4.98 Å². The fourth-order valence-corrected chi connectivity index (χ4v) is 1.79. The van der Waals surface area contributed by atoms with Crippen LogP contribution in [0.2, 0.25) is 5.02 Å². The van der Waals surface area contributed by atoms with E-state index in [1.807, 2.05) is 25.1 Å². The zero-order chi connectivity index (χ0) is 9.42. The lowest BCUT2D eigenvalue weighted by Crippen LogP contribution is -1.82. The molecule has 0 unspecified atom stereocenters. The number of para-hydroxylation sites is 1. The Bertz CT molecular complexity index is 447. The van der Waals surface area contributed by atoms with Crippen molar-refractivity contribution in [1.29, 1.82) is 0 Å². The van der Waals surface area contributed by atoms with Crippen molar-refractivity contribution in [3.8, 4) is 0 Å². The number of hydrogen-bond donors (Lipinski definition) is 2. The number of aryl methyl sites for hydroxylation is 1. The summed E-state index contributed by atoms with van der Waals surface area (Å²) in [7, 11) is 0. The van der Waals surface area contributed by atoms with Gasteiger partial charge in [-0.25, -0.2) is 0 Å². The Morgan fingerprint density at radius 1 is 1.46 bits per heavy atom. The lowest BCUT2D eigenvalue weighted by Gasteiger charge is -1.94. The molecule has 0 aliphatic heterocycles. The number of aliphatic hydroxyl groups excluding tert-OH is 1. The average molecular weight is 196 g/mol. The molecular formula is C10H10ClNO. The van der Waals surface area contributed by atoms with Gasteiger partial charge < -0.3 is 10.1 Å². The monoisotopic (exact) mass is 195 g/mol. The Morgan fingerprint density at radius 3 is 2.92 bits per heavy atom. The first-order valence-corrected chi connectivity index (χ1v) is 4.48. The van der Waals surface area contributed by atoms with Gasteiger partial charge in [0, 0.05) is 16.6 Å². The van der Waals surface area contributed by atoms with Crippen molar-refractivity contribution in [2.75, 3.05) is 0 Å². The molecule has 0 saturated heterocycles. The van der Waals surface area contributed by atoms with E-state index in [9.17, 15) is 0 Å². The van der Waals surface area contributed by atoms with Crippen molar-refractivity contribution >= 4 is 22.5 Å². The molecule has 1 aromatic heterocycles. The summed E-state index contributed by atoms with van der Waals surface area (Å²) in [6.45, 7) is 1.98. The molecule has 1 heterocycles. The quantitative estimate of drug-likeness (QED) is 0.721. The van der Waals surface area contributed by atoms with Crippen LogP contribution in [0, 0.1) is 6.92 Å². The molecule has 2 N–H and O–H groups in total. The molecule has 68 valence electrons. The second-order valence-electron chi connectivity index (χ2n) is 3.05. The van der Waals surface area contributed by atoms with Gasteiger partial charge in [-0.05, 0) is 13.0 Å². The Kier molecular flexibility index (Phi) is 2.02. The maximum atomic E-state index is 9.13. The van der Waals surface area contributed by atoms with E-state index in [0.29, 0.717) is 5.02 Å². The van der Waals surface area contributed by atoms with E-state index in [4.69, 9.17) is 16.7 Å². The van der Waals surface area contributed by atoms with E-state index < -0.39 is 0 Å². The van der Waals surface area contributed by atoms with Crippen LogP contribution in [-0.2, 0) is 6.61 Å². The number of aliphatic hydroxyl groups is 1. The number of rotatable bonds is 1. The average Bonchev–Trinajstić information content (AvgIpc) is 2.43. The zero-order valence-electron chi connectivity index (χ0n) is 7.26. The summed E-state index contributed by atoms with van der Waals surface area (Å²) in [4.78, 5) is 3.15. The van der Waals surface area contributed by atoms with E-state index in [2.05, 4.69) is 4.98 Å². The van der Waals surface area contributed by atoms with E-state index in [-0.39, 0.29) is 6.61 Å². The van der Waals surface area contributed by atoms with Crippen LogP contribution in [0.5, 0.6) is 0 Å². The first-order valence-electron chi connectivity index (χ1n) is 4.10. The minimum absolute atomic E-state index is 0.0478. The number of fused-ring (bicyclic) bond motifs is 1. The largest absolute Gasteiger partial charge is 0.392 e. The summed E-state index contributed by atoms with van der Waals surface area (Å²) in [6.07, 6.45) is 0. The minimum Gasteiger partial charge on any atom is -0.392 e. The van der Waals surface area contributed by atoms with Gasteiger partial charge in [-0.2, -0.15) is 0 Å². The van der Waals surface area contributed by atoms with E-state index in [1.165, 1.54) is 0 Å². The lowest BCUT2D eigenvalue weighted by molar-refractivity contribution is 0.282. The Balaban J connectivity index is 2.86. The van der Waals surface area contributed by atoms with E-state index in [0.717, 1.165) is 22.2 Å². The zero-order valence-corrected chi connectivity index (χ0v) is 8.02. The molecule has 0 fully saturated rings. The second-order valence-corrected chi connectivity index (χ2v) is 3.46. The highest BCUT2D eigenvalue weighted by Gasteiger charge is 2.08. The fourth-order valence-electron chi connectivity index (χ4n) is 1.57. The lowest BCUT2D eigenvalue weighted by atomic mass is 10.1. The highest BCUT2D eigenvalue weighted by molar-refractivity contribution is 6.35. The van der Waals surface area contributed by atoms with Gasteiger partial charge in [0.25, 0.3) is 0 Å². The Hall–Kier alpha value is -0.990. The van der Waals surface area contributed by atoms with Crippen LogP contribution in [0.4, 0.5) is 0 Å². The van der Waals surface area contributed by atoms with Crippen LogP contribution >= 0.6 is 11.6 Å². The van der Waals surface area contributed by atoms with Crippen LogP contribution in [0.3, 0.4) is 0 Å². The van der Waals surface area contributed by atoms with Gasteiger partial charge in [0.05, 0.1) is 17.1 Å². The van der Waals surface area contributed by atoms with Gasteiger partial charge in [0.1, 0.15) is 0 Å². The van der Waals surface area contributed by atoms with Crippen molar-refractivity contribution in [3.63, 3.8) is 0 Å². The number of halogens is 1. The van der Waals surface area contributed by atoms with Gasteiger partial charge in [0.15, 0.2) is 0 Å². The molecule has 3 heteroatoms. The first kappa shape index (κ1) is 8.60. The summed E-state index contributed by atoms with van der Waals surface area (Å²) in [5.41, 5.74) is 2.81. The molecule has 0 saturated carbocycles.